The van der Waals surface area contributed by atoms with E-state index in [9.17, 15) is 9.90 Å². The van der Waals surface area contributed by atoms with Crippen LogP contribution in [0.3, 0.4) is 0 Å². The number of carbonyl (C=O) groups excluding carboxylic acids is 1. The van der Waals surface area contributed by atoms with Crippen molar-refractivity contribution in [1.82, 2.24) is 19.7 Å². The van der Waals surface area contributed by atoms with Crippen LogP contribution in [0, 0.1) is 6.92 Å². The van der Waals surface area contributed by atoms with Gasteiger partial charge in [-0.3, -0.25) is 4.79 Å². The quantitative estimate of drug-likeness (QED) is 0.712. The Morgan fingerprint density at radius 2 is 1.82 bits per heavy atom. The highest BCUT2D eigenvalue weighted by Gasteiger charge is 2.34. The van der Waals surface area contributed by atoms with E-state index < -0.39 is 0 Å². The van der Waals surface area contributed by atoms with Crippen molar-refractivity contribution in [1.29, 1.82) is 0 Å². The fourth-order valence-electron chi connectivity index (χ4n) is 3.49. The zero-order valence-corrected chi connectivity index (χ0v) is 15.6. The third-order valence-electron chi connectivity index (χ3n) is 4.75. The Bertz CT molecular complexity index is 1020. The average Bonchev–Trinajstić information content (AvgIpc) is 3.04. The van der Waals surface area contributed by atoms with Gasteiger partial charge in [-0.15, -0.1) is 0 Å². The summed E-state index contributed by atoms with van der Waals surface area (Å²) in [6.07, 6.45) is 3.46. The number of hydrogen-bond acceptors (Lipinski definition) is 7. The summed E-state index contributed by atoms with van der Waals surface area (Å²) in [7, 11) is 2.93. The first-order valence-electron chi connectivity index (χ1n) is 8.65. The molecule has 0 saturated carbocycles. The van der Waals surface area contributed by atoms with Gasteiger partial charge in [-0.05, 0) is 30.7 Å². The van der Waals surface area contributed by atoms with Gasteiger partial charge in [-0.25, -0.2) is 9.97 Å². The van der Waals surface area contributed by atoms with Gasteiger partial charge in [0.25, 0.3) is 5.95 Å². The molecule has 0 spiro atoms. The summed E-state index contributed by atoms with van der Waals surface area (Å²) in [6, 6.07) is 5.13. The maximum atomic E-state index is 12.5. The molecular formula is C19H19N5O4. The van der Waals surface area contributed by atoms with Crippen molar-refractivity contribution in [2.24, 2.45) is 0 Å². The Balaban J connectivity index is 1.89. The Labute approximate surface area is 161 Å². The highest BCUT2D eigenvalue weighted by Crippen LogP contribution is 2.45. The van der Waals surface area contributed by atoms with E-state index in [2.05, 4.69) is 20.4 Å². The topological polar surface area (TPSA) is 111 Å². The third kappa shape index (κ3) is 2.81. The fraction of sp³-hybridized carbons (Fsp3) is 0.263. The number of methoxy groups -OCH3 is 2. The van der Waals surface area contributed by atoms with Gasteiger partial charge < -0.3 is 19.9 Å². The van der Waals surface area contributed by atoms with Crippen LogP contribution in [-0.2, 0) is 4.79 Å². The first kappa shape index (κ1) is 17.8. The number of phenols is 1. The number of rotatable bonds is 4. The Hall–Kier alpha value is -3.62. The average molecular weight is 381 g/mol. The molecule has 3 aromatic rings. The van der Waals surface area contributed by atoms with Crippen molar-refractivity contribution in [2.45, 2.75) is 19.3 Å². The van der Waals surface area contributed by atoms with Gasteiger partial charge in [0.2, 0.25) is 11.7 Å². The summed E-state index contributed by atoms with van der Waals surface area (Å²) >= 11 is 0. The molecule has 1 atom stereocenters. The molecular weight excluding hydrogens is 362 g/mol. The highest BCUT2D eigenvalue weighted by atomic mass is 16.5. The van der Waals surface area contributed by atoms with E-state index in [1.807, 2.05) is 6.92 Å². The van der Waals surface area contributed by atoms with E-state index >= 15 is 0 Å². The van der Waals surface area contributed by atoms with E-state index in [1.165, 1.54) is 18.9 Å². The van der Waals surface area contributed by atoms with E-state index in [-0.39, 0.29) is 35.5 Å². The monoisotopic (exact) mass is 381 g/mol. The number of nitrogens with zero attached hydrogens (tertiary/aromatic N) is 4. The van der Waals surface area contributed by atoms with Crippen molar-refractivity contribution in [3.63, 3.8) is 0 Å². The molecule has 28 heavy (non-hydrogen) atoms. The second kappa shape index (κ2) is 6.84. The number of benzene rings is 1. The SMILES string of the molecule is COc1cc([C@H]2CC(=O)Nc3c2c(C)nn3-c2ncccn2)cc(OC)c1O. The summed E-state index contributed by atoms with van der Waals surface area (Å²) < 4.78 is 12.1. The van der Waals surface area contributed by atoms with Crippen LogP contribution in [0.15, 0.2) is 30.6 Å². The van der Waals surface area contributed by atoms with Gasteiger partial charge in [0.05, 0.1) is 19.9 Å². The number of nitrogens with one attached hydrogen (secondary N) is 1. The van der Waals surface area contributed by atoms with E-state index in [0.29, 0.717) is 11.8 Å². The Morgan fingerprint density at radius 1 is 1.18 bits per heavy atom. The molecule has 0 bridgehead atoms. The molecule has 1 amide bonds. The number of carbonyl (C=O) groups is 1. The minimum Gasteiger partial charge on any atom is -0.502 e. The fourth-order valence-corrected chi connectivity index (χ4v) is 3.49. The number of ether oxygens (including phenoxy) is 2. The molecule has 144 valence electrons. The maximum absolute atomic E-state index is 12.5. The molecule has 4 rings (SSSR count). The zero-order chi connectivity index (χ0) is 19.8. The zero-order valence-electron chi connectivity index (χ0n) is 15.6. The summed E-state index contributed by atoms with van der Waals surface area (Å²) in [4.78, 5) is 20.9. The van der Waals surface area contributed by atoms with Gasteiger partial charge in [-0.2, -0.15) is 9.78 Å². The molecule has 0 radical (unpaired) electrons. The summed E-state index contributed by atoms with van der Waals surface area (Å²) in [5, 5.41) is 17.6. The lowest BCUT2D eigenvalue weighted by Gasteiger charge is -2.25. The number of anilines is 1. The molecule has 1 aromatic carbocycles. The second-order valence-electron chi connectivity index (χ2n) is 6.39. The number of aryl methyl sites for hydroxylation is 1. The molecule has 0 aliphatic carbocycles. The summed E-state index contributed by atoms with van der Waals surface area (Å²) in [5.41, 5.74) is 2.39. The van der Waals surface area contributed by atoms with Crippen LogP contribution in [0.2, 0.25) is 0 Å². The third-order valence-corrected chi connectivity index (χ3v) is 4.75. The van der Waals surface area contributed by atoms with Gasteiger partial charge in [-0.1, -0.05) is 0 Å². The predicted octanol–water partition coefficient (Wildman–Crippen LogP) is 2.17. The van der Waals surface area contributed by atoms with Crippen molar-refractivity contribution in [3.8, 4) is 23.2 Å². The van der Waals surface area contributed by atoms with Crippen molar-refractivity contribution in [2.75, 3.05) is 19.5 Å². The molecule has 9 heteroatoms. The van der Waals surface area contributed by atoms with E-state index in [4.69, 9.17) is 9.47 Å². The van der Waals surface area contributed by atoms with Crippen LogP contribution in [0.5, 0.6) is 17.2 Å². The molecule has 1 aliphatic heterocycles. The molecule has 2 aromatic heterocycles. The summed E-state index contributed by atoms with van der Waals surface area (Å²) in [5.74, 6) is 0.936. The predicted molar refractivity (Wildman–Crippen MR) is 100 cm³/mol. The molecule has 0 saturated heterocycles. The van der Waals surface area contributed by atoms with Crippen molar-refractivity contribution < 1.29 is 19.4 Å². The van der Waals surface area contributed by atoms with Crippen molar-refractivity contribution >= 4 is 11.7 Å². The minimum absolute atomic E-state index is 0.0839. The molecule has 3 heterocycles. The minimum atomic E-state index is -0.287. The molecule has 1 aliphatic rings. The van der Waals surface area contributed by atoms with Gasteiger partial charge in [0.15, 0.2) is 11.5 Å². The lowest BCUT2D eigenvalue weighted by atomic mass is 9.85. The lowest BCUT2D eigenvalue weighted by Crippen LogP contribution is -2.25. The molecule has 0 fully saturated rings. The van der Waals surface area contributed by atoms with Crippen LogP contribution < -0.4 is 14.8 Å². The Kier molecular flexibility index (Phi) is 4.34. The number of amides is 1. The number of hydrogen-bond donors (Lipinski definition) is 2. The first-order chi connectivity index (χ1) is 13.5. The smallest absolute Gasteiger partial charge is 0.252 e. The normalized spacial score (nSPS) is 15.7. The van der Waals surface area contributed by atoms with Crippen LogP contribution in [-0.4, -0.2) is 45.0 Å². The van der Waals surface area contributed by atoms with Gasteiger partial charge >= 0.3 is 0 Å². The number of phenolic OH excluding ortho intramolecular Hbond substituents is 1. The van der Waals surface area contributed by atoms with Gasteiger partial charge in [0, 0.05) is 30.3 Å². The molecule has 2 N–H and O–H groups in total. The second-order valence-corrected chi connectivity index (χ2v) is 6.39. The van der Waals surface area contributed by atoms with Gasteiger partial charge in [0.1, 0.15) is 5.82 Å². The number of fused-ring (bicyclic) bond motifs is 1. The van der Waals surface area contributed by atoms with E-state index in [0.717, 1.165) is 16.8 Å². The molecule has 9 nitrogen and oxygen atoms in total. The molecule has 0 unspecified atom stereocenters. The van der Waals surface area contributed by atoms with Crippen LogP contribution in [0.4, 0.5) is 5.82 Å². The highest BCUT2D eigenvalue weighted by molar-refractivity contribution is 5.95. The van der Waals surface area contributed by atoms with Crippen LogP contribution >= 0.6 is 0 Å². The number of aromatic hydroxyl groups is 1. The standard InChI is InChI=1S/C19H19N5O4/c1-10-16-12(11-7-13(27-2)17(26)14(8-11)28-3)9-15(25)22-18(16)24(23-10)19-20-5-4-6-21-19/h4-8,12,26H,9H2,1-3H3,(H,22,25)/t12-/m1/s1. The van der Waals surface area contributed by atoms with Crippen LogP contribution in [0.1, 0.15) is 29.2 Å². The number of aromatic nitrogens is 4. The van der Waals surface area contributed by atoms with Crippen molar-refractivity contribution in [3.05, 3.63) is 47.4 Å². The van der Waals surface area contributed by atoms with Crippen LogP contribution in [0.25, 0.3) is 5.95 Å². The first-order valence-corrected chi connectivity index (χ1v) is 8.65. The summed E-state index contributed by atoms with van der Waals surface area (Å²) in [6.45, 7) is 1.87. The van der Waals surface area contributed by atoms with E-state index in [1.54, 1.807) is 30.6 Å². The Morgan fingerprint density at radius 3 is 2.43 bits per heavy atom. The maximum Gasteiger partial charge on any atom is 0.252 e. The largest absolute Gasteiger partial charge is 0.502 e. The lowest BCUT2D eigenvalue weighted by molar-refractivity contribution is -0.116.